The minimum atomic E-state index is -0.479. The van der Waals surface area contributed by atoms with Gasteiger partial charge in [-0.2, -0.15) is 5.10 Å². The fraction of sp³-hybridized carbons (Fsp3) is 0.250. The Morgan fingerprint density at radius 2 is 2.12 bits per heavy atom. The van der Waals surface area contributed by atoms with Crippen molar-refractivity contribution in [3.8, 4) is 28.4 Å². The predicted molar refractivity (Wildman–Crippen MR) is 121 cm³/mol. The van der Waals surface area contributed by atoms with Crippen LogP contribution in [0.4, 0.5) is 10.2 Å². The number of imidazole rings is 1. The van der Waals surface area contributed by atoms with Crippen LogP contribution in [-0.4, -0.2) is 36.8 Å². The van der Waals surface area contributed by atoms with Gasteiger partial charge < -0.3 is 14.6 Å². The highest BCUT2D eigenvalue weighted by atomic mass is 19.1. The van der Waals surface area contributed by atoms with E-state index < -0.39 is 11.7 Å². The molecule has 1 amide bonds. The Bertz CT molecular complexity index is 1330. The topological polar surface area (TPSA) is 86.9 Å². The molecule has 0 spiro atoms. The van der Waals surface area contributed by atoms with Crippen molar-refractivity contribution in [3.05, 3.63) is 66.5 Å². The summed E-state index contributed by atoms with van der Waals surface area (Å²) in [6.45, 7) is 2.46. The van der Waals surface area contributed by atoms with E-state index in [4.69, 9.17) is 4.74 Å². The van der Waals surface area contributed by atoms with Gasteiger partial charge in [0.2, 0.25) is 0 Å². The lowest BCUT2D eigenvalue weighted by Crippen LogP contribution is -2.17. The minimum absolute atomic E-state index is 0.165. The third kappa shape index (κ3) is 4.09. The van der Waals surface area contributed by atoms with Crippen LogP contribution in [0, 0.1) is 5.82 Å². The zero-order valence-corrected chi connectivity index (χ0v) is 18.3. The number of ether oxygens (including phenoxy) is 1. The summed E-state index contributed by atoms with van der Waals surface area (Å²) in [5.41, 5.74) is 1.74. The molecule has 1 atom stereocenters. The number of hydrogen-bond acceptors (Lipinski definition) is 5. The van der Waals surface area contributed by atoms with Gasteiger partial charge in [-0.25, -0.2) is 14.4 Å². The van der Waals surface area contributed by atoms with Crippen LogP contribution < -0.4 is 10.1 Å². The van der Waals surface area contributed by atoms with Crippen molar-refractivity contribution < 1.29 is 13.9 Å². The zero-order valence-electron chi connectivity index (χ0n) is 18.3. The number of fused-ring (bicyclic) bond motifs is 5. The number of carbonyl (C=O) groups excluding carboxylic acids is 1. The summed E-state index contributed by atoms with van der Waals surface area (Å²) in [6.07, 6.45) is 8.46. The van der Waals surface area contributed by atoms with Crippen molar-refractivity contribution in [3.63, 3.8) is 0 Å². The quantitative estimate of drug-likeness (QED) is 0.466. The summed E-state index contributed by atoms with van der Waals surface area (Å²) < 4.78 is 24.5. The molecule has 1 aliphatic heterocycles. The van der Waals surface area contributed by atoms with Crippen molar-refractivity contribution in [1.29, 1.82) is 0 Å². The van der Waals surface area contributed by atoms with Crippen LogP contribution in [0.15, 0.2) is 55.1 Å². The molecule has 8 nitrogen and oxygen atoms in total. The fourth-order valence-corrected chi connectivity index (χ4v) is 4.01. The number of carbonyl (C=O) groups is 1. The van der Waals surface area contributed by atoms with Gasteiger partial charge in [-0.05, 0) is 38.0 Å². The molecule has 0 saturated carbocycles. The number of aryl methyl sites for hydroxylation is 1. The molecule has 3 aromatic heterocycles. The molecule has 4 aromatic rings. The molecule has 2 bridgehead atoms. The van der Waals surface area contributed by atoms with Gasteiger partial charge in [0.1, 0.15) is 23.1 Å². The molecule has 1 N–H and O–H groups in total. The molecule has 0 fully saturated rings. The van der Waals surface area contributed by atoms with Gasteiger partial charge in [-0.15, -0.1) is 0 Å². The molecule has 0 radical (unpaired) electrons. The van der Waals surface area contributed by atoms with E-state index in [1.54, 1.807) is 36.4 Å². The number of hydrogen-bond donors (Lipinski definition) is 1. The first-order valence-corrected chi connectivity index (χ1v) is 10.8. The second-order valence-corrected chi connectivity index (χ2v) is 8.09. The summed E-state index contributed by atoms with van der Waals surface area (Å²) >= 11 is 0. The molecule has 1 aromatic carbocycles. The Kier molecular flexibility index (Phi) is 5.37. The minimum Gasteiger partial charge on any atom is -0.493 e. The van der Waals surface area contributed by atoms with E-state index in [2.05, 4.69) is 31.9 Å². The van der Waals surface area contributed by atoms with E-state index in [-0.39, 0.29) is 22.9 Å². The van der Waals surface area contributed by atoms with Crippen molar-refractivity contribution >= 4 is 11.7 Å². The monoisotopic (exact) mass is 446 g/mol. The van der Waals surface area contributed by atoms with Crippen molar-refractivity contribution in [1.82, 2.24) is 24.3 Å². The molecule has 33 heavy (non-hydrogen) atoms. The first-order chi connectivity index (χ1) is 16.0. The van der Waals surface area contributed by atoms with Crippen LogP contribution >= 0.6 is 0 Å². The van der Waals surface area contributed by atoms with E-state index in [0.717, 1.165) is 18.7 Å². The lowest BCUT2D eigenvalue weighted by atomic mass is 10.0. The van der Waals surface area contributed by atoms with E-state index in [1.807, 2.05) is 18.3 Å². The van der Waals surface area contributed by atoms with Crippen LogP contribution in [-0.2, 0) is 7.05 Å². The highest BCUT2D eigenvalue weighted by molar-refractivity contribution is 6.06. The van der Waals surface area contributed by atoms with E-state index in [1.165, 1.54) is 12.1 Å². The van der Waals surface area contributed by atoms with Crippen LogP contribution in [0.3, 0.4) is 0 Å². The maximum atomic E-state index is 15.0. The van der Waals surface area contributed by atoms with Gasteiger partial charge in [-0.1, -0.05) is 6.07 Å². The van der Waals surface area contributed by atoms with Crippen LogP contribution in [0.2, 0.25) is 0 Å². The molecule has 168 valence electrons. The molecule has 4 heterocycles. The van der Waals surface area contributed by atoms with Crippen LogP contribution in [0.1, 0.15) is 36.2 Å². The average Bonchev–Trinajstić information content (AvgIpc) is 3.45. The normalized spacial score (nSPS) is 16.2. The summed E-state index contributed by atoms with van der Waals surface area (Å²) in [6, 6.07) is 8.32. The Hall–Kier alpha value is -4.01. The molecule has 9 heteroatoms. The molecular formula is C24H23FN6O2. The van der Waals surface area contributed by atoms with Gasteiger partial charge >= 0.3 is 0 Å². The third-order valence-electron chi connectivity index (χ3n) is 5.72. The van der Waals surface area contributed by atoms with Crippen molar-refractivity contribution in [2.24, 2.45) is 7.05 Å². The van der Waals surface area contributed by atoms with E-state index >= 15 is 0 Å². The van der Waals surface area contributed by atoms with Gasteiger partial charge in [0.15, 0.2) is 5.82 Å². The Morgan fingerprint density at radius 1 is 1.24 bits per heavy atom. The highest BCUT2D eigenvalue weighted by Gasteiger charge is 2.21. The number of rotatable bonds is 1. The van der Waals surface area contributed by atoms with E-state index in [9.17, 15) is 9.18 Å². The lowest BCUT2D eigenvalue weighted by molar-refractivity contribution is 0.102. The molecule has 0 unspecified atom stereocenters. The first-order valence-electron chi connectivity index (χ1n) is 10.8. The first kappa shape index (κ1) is 20.9. The molecule has 0 saturated heterocycles. The van der Waals surface area contributed by atoms with E-state index in [0.29, 0.717) is 23.7 Å². The van der Waals surface area contributed by atoms with Gasteiger partial charge in [0.25, 0.3) is 5.91 Å². The second kappa shape index (κ2) is 8.50. The molecule has 5 rings (SSSR count). The number of benzene rings is 1. The number of amides is 1. The van der Waals surface area contributed by atoms with Crippen molar-refractivity contribution in [2.75, 3.05) is 11.9 Å². The Morgan fingerprint density at radius 3 is 2.94 bits per heavy atom. The Labute approximate surface area is 190 Å². The number of aromatic nitrogens is 5. The van der Waals surface area contributed by atoms with Crippen LogP contribution in [0.5, 0.6) is 5.75 Å². The number of halogens is 1. The third-order valence-corrected chi connectivity index (χ3v) is 5.72. The summed E-state index contributed by atoms with van der Waals surface area (Å²) in [5, 5.41) is 6.93. The maximum Gasteiger partial charge on any atom is 0.260 e. The molecular weight excluding hydrogens is 423 g/mol. The summed E-state index contributed by atoms with van der Waals surface area (Å²) in [5.74, 6) is 0.385. The number of nitrogens with one attached hydrogen (secondary N) is 1. The van der Waals surface area contributed by atoms with Gasteiger partial charge in [-0.3, -0.25) is 9.48 Å². The SMILES string of the molecule is C[C@H]1CCCOc2cc(F)c(-c3cnn(C)c3)cc2C(=O)Nc2cccc(n2)-c2nccn21. The largest absolute Gasteiger partial charge is 0.493 e. The number of anilines is 1. The van der Waals surface area contributed by atoms with Crippen molar-refractivity contribution in [2.45, 2.75) is 25.8 Å². The highest BCUT2D eigenvalue weighted by Crippen LogP contribution is 2.31. The number of nitrogens with zero attached hydrogens (tertiary/aromatic N) is 5. The fourth-order valence-electron chi connectivity index (χ4n) is 4.01. The smallest absolute Gasteiger partial charge is 0.260 e. The maximum absolute atomic E-state index is 15.0. The van der Waals surface area contributed by atoms with Gasteiger partial charge in [0, 0.05) is 48.9 Å². The molecule has 1 aliphatic rings. The summed E-state index contributed by atoms with van der Waals surface area (Å²) in [7, 11) is 1.75. The second-order valence-electron chi connectivity index (χ2n) is 8.09. The zero-order chi connectivity index (χ0) is 22.9. The van der Waals surface area contributed by atoms with Crippen LogP contribution in [0.25, 0.3) is 22.6 Å². The number of pyridine rings is 1. The molecule has 0 aliphatic carbocycles. The standard InChI is InChI=1S/C24H23FN6O2/c1-15-5-4-10-33-21-12-19(25)17(16-13-27-30(2)14-16)11-18(21)24(32)29-22-7-3-6-20(28-22)23-26-8-9-31(15)23/h3,6-9,11-15H,4-5,10H2,1-2H3,(H,28,29,32)/t15-/m0/s1. The predicted octanol–water partition coefficient (Wildman–Crippen LogP) is 4.47. The summed E-state index contributed by atoms with van der Waals surface area (Å²) in [4.78, 5) is 22.3. The lowest BCUT2D eigenvalue weighted by Gasteiger charge is -2.18. The Balaban J connectivity index is 1.58. The van der Waals surface area contributed by atoms with Gasteiger partial charge in [0.05, 0.1) is 18.4 Å². The average molecular weight is 446 g/mol.